The molecule has 2 N–H and O–H groups in total. The van der Waals surface area contributed by atoms with Gasteiger partial charge in [-0.1, -0.05) is 76.3 Å². The zero-order chi connectivity index (χ0) is 35.2. The molecule has 0 unspecified atom stereocenters. The van der Waals surface area contributed by atoms with Gasteiger partial charge in [0.25, 0.3) is 10.1 Å². The summed E-state index contributed by atoms with van der Waals surface area (Å²) in [5.41, 5.74) is 2.10. The summed E-state index contributed by atoms with van der Waals surface area (Å²) in [6, 6.07) is 20.6. The molecule has 0 aromatic heterocycles. The standard InChI is InChI=1S/2C18H22O5S.Ca/c2*1-2-3-4-5-6-14-7-12-17(19)18(13-14)23-15-8-10-16(11-9-15)24(20,21)22;/h2*7-13,19H,2-6H2,1H3,(H,20,21,22);/q;;+2/p-2. The molecule has 4 rings (SSSR count). The van der Waals surface area contributed by atoms with Crippen molar-refractivity contribution in [3.05, 3.63) is 96.1 Å². The molecule has 10 nitrogen and oxygen atoms in total. The van der Waals surface area contributed by atoms with Gasteiger partial charge in [-0.05, 0) is 104 Å². The van der Waals surface area contributed by atoms with Crippen molar-refractivity contribution >= 4 is 58.0 Å². The van der Waals surface area contributed by atoms with Crippen LogP contribution in [0.25, 0.3) is 0 Å². The Hall–Kier alpha value is -2.84. The fraction of sp³-hybridized carbons (Fsp3) is 0.333. The van der Waals surface area contributed by atoms with E-state index in [9.17, 15) is 31.6 Å². The summed E-state index contributed by atoms with van der Waals surface area (Å²) >= 11 is 0. The van der Waals surface area contributed by atoms with Gasteiger partial charge < -0.3 is 24.2 Å². The Morgan fingerprint density at radius 3 is 1.53 bits per heavy atom. The topological polar surface area (TPSA) is 173 Å². The molecular weight excluding hydrogens is 697 g/mol. The quantitative estimate of drug-likeness (QED) is 0.0657. The second-order valence-electron chi connectivity index (χ2n) is 11.3. The minimum Gasteiger partial charge on any atom is -0.870 e. The fourth-order valence-corrected chi connectivity index (χ4v) is 5.65. The first kappa shape index (κ1) is 42.3. The second kappa shape index (κ2) is 20.7. The van der Waals surface area contributed by atoms with Crippen molar-refractivity contribution < 1.29 is 45.6 Å². The third kappa shape index (κ3) is 14.9. The van der Waals surface area contributed by atoms with Crippen LogP contribution in [0.2, 0.25) is 0 Å². The molecule has 0 saturated carbocycles. The molecule has 0 aliphatic rings. The van der Waals surface area contributed by atoms with Crippen LogP contribution in [-0.2, 0) is 33.1 Å². The molecule has 0 saturated heterocycles. The first-order valence-corrected chi connectivity index (χ1v) is 18.8. The molecule has 0 spiro atoms. The van der Waals surface area contributed by atoms with E-state index < -0.39 is 20.2 Å². The maximum absolute atomic E-state index is 11.9. The monoisotopic (exact) mass is 738 g/mol. The zero-order valence-corrected chi connectivity index (χ0v) is 31.7. The van der Waals surface area contributed by atoms with Crippen LogP contribution in [-0.4, -0.2) is 68.8 Å². The van der Waals surface area contributed by atoms with Gasteiger partial charge >= 0.3 is 37.7 Å². The van der Waals surface area contributed by atoms with Crippen molar-refractivity contribution in [2.24, 2.45) is 0 Å². The molecule has 0 aliphatic carbocycles. The molecule has 4 aromatic carbocycles. The molecular formula is C36H42CaO10S2. The molecule has 0 radical (unpaired) electrons. The Balaban J connectivity index is 0.000000333. The van der Waals surface area contributed by atoms with Crippen LogP contribution >= 0.6 is 0 Å². The SMILES string of the molecule is CCCCCCc1ccc(O)c(Oc2ccc(S(=O)(=O)O)cc2)c1.CCCCCCc1ccc([O-])c(Oc2ccc(S(=O)(=O)[O-])cc2)c1.[Ca+2]. The summed E-state index contributed by atoms with van der Waals surface area (Å²) < 4.78 is 74.9. The largest absolute Gasteiger partial charge is 2.00 e. The van der Waals surface area contributed by atoms with Gasteiger partial charge in [0.2, 0.25) is 0 Å². The predicted molar refractivity (Wildman–Crippen MR) is 186 cm³/mol. The molecule has 0 bridgehead atoms. The van der Waals surface area contributed by atoms with Gasteiger partial charge in [-0.25, -0.2) is 8.42 Å². The molecule has 13 heteroatoms. The van der Waals surface area contributed by atoms with Crippen LogP contribution in [0.4, 0.5) is 0 Å². The molecule has 0 heterocycles. The van der Waals surface area contributed by atoms with Gasteiger partial charge in [0.05, 0.1) is 9.79 Å². The van der Waals surface area contributed by atoms with E-state index in [2.05, 4.69) is 13.8 Å². The number of aryl methyl sites for hydroxylation is 2. The third-order valence-electron chi connectivity index (χ3n) is 7.36. The first-order chi connectivity index (χ1) is 22.8. The van der Waals surface area contributed by atoms with E-state index in [0.29, 0.717) is 17.2 Å². The zero-order valence-electron chi connectivity index (χ0n) is 27.8. The normalized spacial score (nSPS) is 11.2. The minimum atomic E-state index is -4.49. The number of benzene rings is 4. The third-order valence-corrected chi connectivity index (χ3v) is 9.08. The van der Waals surface area contributed by atoms with Crippen LogP contribution in [0, 0.1) is 0 Å². The van der Waals surface area contributed by atoms with Gasteiger partial charge in [-0.15, -0.1) is 0 Å². The van der Waals surface area contributed by atoms with E-state index in [1.807, 2.05) is 6.07 Å². The van der Waals surface area contributed by atoms with Gasteiger partial charge in [0.1, 0.15) is 27.4 Å². The van der Waals surface area contributed by atoms with E-state index >= 15 is 0 Å². The summed E-state index contributed by atoms with van der Waals surface area (Å²) in [6.45, 7) is 4.32. The number of unbranched alkanes of at least 4 members (excludes halogenated alkanes) is 6. The predicted octanol–water partition coefficient (Wildman–Crippen LogP) is 7.75. The van der Waals surface area contributed by atoms with Crippen molar-refractivity contribution in [1.82, 2.24) is 0 Å². The molecule has 0 fully saturated rings. The van der Waals surface area contributed by atoms with E-state index in [0.717, 1.165) is 55.4 Å². The van der Waals surface area contributed by atoms with Gasteiger partial charge in [-0.3, -0.25) is 4.55 Å². The van der Waals surface area contributed by atoms with E-state index in [1.165, 1.54) is 74.6 Å². The number of phenolic OH excluding ortho intramolecular Hbond substituents is 1. The molecule has 49 heavy (non-hydrogen) atoms. The molecule has 4 aromatic rings. The number of aromatic hydroxyl groups is 1. The van der Waals surface area contributed by atoms with E-state index in [1.54, 1.807) is 24.3 Å². The van der Waals surface area contributed by atoms with E-state index in [4.69, 9.17) is 14.0 Å². The Bertz CT molecular complexity index is 1680. The molecule has 0 atom stereocenters. The Labute approximate surface area is 319 Å². The number of hydrogen-bond acceptors (Lipinski definition) is 9. The summed E-state index contributed by atoms with van der Waals surface area (Å²) in [6.07, 6.45) is 11.0. The van der Waals surface area contributed by atoms with Crippen LogP contribution in [0.5, 0.6) is 34.5 Å². The smallest absolute Gasteiger partial charge is 0.870 e. The van der Waals surface area contributed by atoms with Crippen LogP contribution in [0.1, 0.15) is 76.3 Å². The number of phenols is 1. The van der Waals surface area contributed by atoms with Crippen molar-refractivity contribution in [2.75, 3.05) is 0 Å². The minimum absolute atomic E-state index is 0. The van der Waals surface area contributed by atoms with Crippen LogP contribution < -0.4 is 14.6 Å². The number of ether oxygens (including phenoxy) is 2. The second-order valence-corrected chi connectivity index (χ2v) is 14.1. The Morgan fingerprint density at radius 1 is 0.612 bits per heavy atom. The summed E-state index contributed by atoms with van der Waals surface area (Å²) in [5.74, 6) is 0.978. The average molecular weight is 739 g/mol. The summed E-state index contributed by atoms with van der Waals surface area (Å²) in [7, 11) is -8.72. The Morgan fingerprint density at radius 2 is 1.06 bits per heavy atom. The summed E-state index contributed by atoms with van der Waals surface area (Å²) in [5, 5.41) is 21.8. The first-order valence-electron chi connectivity index (χ1n) is 15.9. The van der Waals surface area contributed by atoms with Crippen molar-refractivity contribution in [3.8, 4) is 34.5 Å². The van der Waals surface area contributed by atoms with Crippen molar-refractivity contribution in [3.63, 3.8) is 0 Å². The van der Waals surface area contributed by atoms with Crippen molar-refractivity contribution in [2.45, 2.75) is 87.8 Å². The molecule has 0 amide bonds. The van der Waals surface area contributed by atoms with Gasteiger partial charge in [0, 0.05) is 0 Å². The van der Waals surface area contributed by atoms with E-state index in [-0.39, 0.29) is 64.8 Å². The molecule has 260 valence electrons. The van der Waals surface area contributed by atoms with Gasteiger partial charge in [0.15, 0.2) is 11.5 Å². The number of hydrogen-bond donors (Lipinski definition) is 2. The fourth-order valence-electron chi connectivity index (χ4n) is 4.70. The van der Waals surface area contributed by atoms with Crippen LogP contribution in [0.15, 0.2) is 94.7 Å². The Kier molecular flexibility index (Phi) is 17.9. The van der Waals surface area contributed by atoms with Gasteiger partial charge in [-0.2, -0.15) is 8.42 Å². The van der Waals surface area contributed by atoms with Crippen molar-refractivity contribution in [1.29, 1.82) is 0 Å². The van der Waals surface area contributed by atoms with Crippen LogP contribution in [0.3, 0.4) is 0 Å². The average Bonchev–Trinajstić information content (AvgIpc) is 3.04. The summed E-state index contributed by atoms with van der Waals surface area (Å²) in [4.78, 5) is -0.536. The number of rotatable bonds is 16. The molecule has 0 aliphatic heterocycles. The maximum atomic E-state index is 11.9. The maximum Gasteiger partial charge on any atom is 2.00 e.